The van der Waals surface area contributed by atoms with Gasteiger partial charge < -0.3 is 10.3 Å². The number of aromatic nitrogens is 1. The monoisotopic (exact) mass is 348 g/mol. The number of aromatic amines is 1. The first-order chi connectivity index (χ1) is 12.6. The third kappa shape index (κ3) is 2.34. The molecule has 2 aromatic rings. The van der Waals surface area contributed by atoms with Gasteiger partial charge >= 0.3 is 0 Å². The van der Waals surface area contributed by atoms with E-state index in [1.807, 2.05) is 6.07 Å². The maximum atomic E-state index is 12.7. The predicted octanol–water partition coefficient (Wildman–Crippen LogP) is 2.35. The Morgan fingerprint density at radius 1 is 1.12 bits per heavy atom. The number of amides is 1. The Balaban J connectivity index is 1.40. The smallest absolute Gasteiger partial charge is 0.261 e. The van der Waals surface area contributed by atoms with Crippen molar-refractivity contribution in [3.8, 4) is 0 Å². The predicted molar refractivity (Wildman–Crippen MR) is 96.6 cm³/mol. The molecule has 0 bridgehead atoms. The number of benzene rings is 1. The molecular weight excluding hydrogens is 328 g/mol. The molecule has 3 aliphatic carbocycles. The first-order valence-corrected chi connectivity index (χ1v) is 9.31. The van der Waals surface area contributed by atoms with Gasteiger partial charge in [-0.25, -0.2) is 0 Å². The fourth-order valence-electron chi connectivity index (χ4n) is 4.74. The Hall–Kier alpha value is -2.69. The molecule has 1 aromatic carbocycles. The minimum atomic E-state index is -0.403. The summed E-state index contributed by atoms with van der Waals surface area (Å²) in [6.45, 7) is 0. The van der Waals surface area contributed by atoms with Crippen LogP contribution in [0.4, 0.5) is 0 Å². The van der Waals surface area contributed by atoms with Gasteiger partial charge in [-0.05, 0) is 48.8 Å². The van der Waals surface area contributed by atoms with Gasteiger partial charge in [-0.3, -0.25) is 14.4 Å². The number of hydrogen-bond acceptors (Lipinski definition) is 3. The SMILES string of the molecule is O=C1CCCc2[nH]c(=O)c(C(=O)NC3C4CCc5ccccc5C43)cc21. The van der Waals surface area contributed by atoms with Crippen LogP contribution in [-0.4, -0.2) is 22.7 Å². The van der Waals surface area contributed by atoms with E-state index >= 15 is 0 Å². The fraction of sp³-hybridized carbons (Fsp3) is 0.381. The molecule has 26 heavy (non-hydrogen) atoms. The average Bonchev–Trinajstić information content (AvgIpc) is 3.34. The van der Waals surface area contributed by atoms with E-state index in [0.717, 1.165) is 19.3 Å². The van der Waals surface area contributed by atoms with Crippen LogP contribution < -0.4 is 10.9 Å². The highest BCUT2D eigenvalue weighted by Gasteiger charge is 2.53. The Labute approximate surface area is 150 Å². The minimum Gasteiger partial charge on any atom is -0.348 e. The summed E-state index contributed by atoms with van der Waals surface area (Å²) in [4.78, 5) is 39.9. The van der Waals surface area contributed by atoms with Gasteiger partial charge in [0, 0.05) is 29.6 Å². The van der Waals surface area contributed by atoms with Crippen molar-refractivity contribution in [2.45, 2.75) is 44.1 Å². The van der Waals surface area contributed by atoms with E-state index in [0.29, 0.717) is 35.9 Å². The lowest BCUT2D eigenvalue weighted by Crippen LogP contribution is -2.34. The van der Waals surface area contributed by atoms with Crippen molar-refractivity contribution in [2.75, 3.05) is 0 Å². The number of pyridine rings is 1. The largest absolute Gasteiger partial charge is 0.348 e. The van der Waals surface area contributed by atoms with Crippen molar-refractivity contribution in [1.29, 1.82) is 0 Å². The van der Waals surface area contributed by atoms with Crippen molar-refractivity contribution >= 4 is 11.7 Å². The van der Waals surface area contributed by atoms with Crippen molar-refractivity contribution in [3.05, 3.63) is 68.6 Å². The van der Waals surface area contributed by atoms with Crippen LogP contribution in [0.2, 0.25) is 0 Å². The molecule has 1 heterocycles. The molecule has 3 unspecified atom stereocenters. The van der Waals surface area contributed by atoms with E-state index in [4.69, 9.17) is 0 Å². The molecule has 1 fully saturated rings. The number of fused-ring (bicyclic) bond motifs is 4. The average molecular weight is 348 g/mol. The summed E-state index contributed by atoms with van der Waals surface area (Å²) in [5.41, 5.74) is 3.50. The summed E-state index contributed by atoms with van der Waals surface area (Å²) in [5, 5.41) is 3.05. The minimum absolute atomic E-state index is 0.00516. The lowest BCUT2D eigenvalue weighted by Gasteiger charge is -2.15. The molecule has 5 heteroatoms. The lowest BCUT2D eigenvalue weighted by molar-refractivity contribution is 0.0947. The Morgan fingerprint density at radius 2 is 1.96 bits per heavy atom. The zero-order valence-corrected chi connectivity index (χ0v) is 14.4. The van der Waals surface area contributed by atoms with E-state index in [9.17, 15) is 14.4 Å². The van der Waals surface area contributed by atoms with E-state index < -0.39 is 5.56 Å². The summed E-state index contributed by atoms with van der Waals surface area (Å²) < 4.78 is 0. The molecule has 1 aromatic heterocycles. The molecule has 3 aliphatic rings. The molecule has 0 saturated heterocycles. The Morgan fingerprint density at radius 3 is 2.85 bits per heavy atom. The van der Waals surface area contributed by atoms with E-state index in [2.05, 4.69) is 28.5 Å². The molecule has 0 radical (unpaired) electrons. The van der Waals surface area contributed by atoms with Crippen LogP contribution in [-0.2, 0) is 12.8 Å². The maximum Gasteiger partial charge on any atom is 0.261 e. The zero-order valence-electron chi connectivity index (χ0n) is 14.4. The van der Waals surface area contributed by atoms with Crippen molar-refractivity contribution < 1.29 is 9.59 Å². The number of aryl methyl sites for hydroxylation is 2. The molecule has 1 saturated carbocycles. The number of carbonyl (C=O) groups excluding carboxylic acids is 2. The number of carbonyl (C=O) groups is 2. The molecule has 5 nitrogen and oxygen atoms in total. The number of rotatable bonds is 2. The maximum absolute atomic E-state index is 12.7. The standard InChI is InChI=1S/C21H20N2O3/c24-17-7-3-6-16-14(17)10-15(20(25)22-16)21(26)23-19-13-9-8-11-4-1-2-5-12(11)18(13)19/h1-2,4-5,10,13,18-19H,3,6-9H2,(H,22,25)(H,23,26). The summed E-state index contributed by atoms with van der Waals surface area (Å²) in [7, 11) is 0. The second-order valence-electron chi connectivity index (χ2n) is 7.61. The Kier molecular flexibility index (Phi) is 3.39. The van der Waals surface area contributed by atoms with Gasteiger partial charge in [-0.15, -0.1) is 0 Å². The summed E-state index contributed by atoms with van der Waals surface area (Å²) in [6.07, 6.45) is 4.01. The van der Waals surface area contributed by atoms with Gasteiger partial charge in [-0.1, -0.05) is 24.3 Å². The fourth-order valence-corrected chi connectivity index (χ4v) is 4.74. The van der Waals surface area contributed by atoms with Gasteiger partial charge in [0.15, 0.2) is 5.78 Å². The van der Waals surface area contributed by atoms with Gasteiger partial charge in [0.05, 0.1) is 0 Å². The van der Waals surface area contributed by atoms with Crippen molar-refractivity contribution in [3.63, 3.8) is 0 Å². The molecule has 0 aliphatic heterocycles. The molecule has 2 N–H and O–H groups in total. The van der Waals surface area contributed by atoms with Crippen molar-refractivity contribution in [2.24, 2.45) is 5.92 Å². The topological polar surface area (TPSA) is 79.0 Å². The second kappa shape index (κ2) is 5.66. The second-order valence-corrected chi connectivity index (χ2v) is 7.61. The summed E-state index contributed by atoms with van der Waals surface area (Å²) >= 11 is 0. The van der Waals surface area contributed by atoms with Crippen LogP contribution in [0.25, 0.3) is 0 Å². The molecule has 3 atom stereocenters. The van der Waals surface area contributed by atoms with Gasteiger partial charge in [0.25, 0.3) is 11.5 Å². The zero-order chi connectivity index (χ0) is 17.8. The molecule has 5 rings (SSSR count). The van der Waals surface area contributed by atoms with Crippen molar-refractivity contribution in [1.82, 2.24) is 10.3 Å². The van der Waals surface area contributed by atoms with Crippen LogP contribution in [0.3, 0.4) is 0 Å². The van der Waals surface area contributed by atoms with E-state index in [-0.39, 0.29) is 23.3 Å². The van der Waals surface area contributed by atoms with Gasteiger partial charge in [-0.2, -0.15) is 0 Å². The van der Waals surface area contributed by atoms with E-state index in [1.165, 1.54) is 17.2 Å². The highest BCUT2D eigenvalue weighted by molar-refractivity contribution is 6.01. The number of Topliss-reactive ketones (excluding diaryl/α,β-unsaturated/α-hetero) is 1. The lowest BCUT2D eigenvalue weighted by atomic mass is 9.92. The van der Waals surface area contributed by atoms with Gasteiger partial charge in [0.2, 0.25) is 0 Å². The number of H-pyrrole nitrogens is 1. The van der Waals surface area contributed by atoms with Crippen LogP contribution in [0.5, 0.6) is 0 Å². The van der Waals surface area contributed by atoms with Gasteiger partial charge in [0.1, 0.15) is 5.56 Å². The van der Waals surface area contributed by atoms with Crippen LogP contribution >= 0.6 is 0 Å². The van der Waals surface area contributed by atoms with Crippen LogP contribution in [0.1, 0.15) is 62.7 Å². The number of ketones is 1. The highest BCUT2D eigenvalue weighted by atomic mass is 16.2. The third-order valence-electron chi connectivity index (χ3n) is 6.13. The van der Waals surface area contributed by atoms with Crippen LogP contribution in [0.15, 0.2) is 35.1 Å². The summed E-state index contributed by atoms with van der Waals surface area (Å²) in [6, 6.07) is 9.96. The molecular formula is C21H20N2O3. The molecule has 132 valence electrons. The van der Waals surface area contributed by atoms with E-state index in [1.54, 1.807) is 0 Å². The van der Waals surface area contributed by atoms with Crippen LogP contribution in [0, 0.1) is 5.92 Å². The number of nitrogens with one attached hydrogen (secondary N) is 2. The normalized spacial score (nSPS) is 25.7. The Bertz CT molecular complexity index is 991. The first-order valence-electron chi connectivity index (χ1n) is 9.31. The quantitative estimate of drug-likeness (QED) is 0.874. The first kappa shape index (κ1) is 15.6. The molecule has 1 amide bonds. The third-order valence-corrected chi connectivity index (χ3v) is 6.13. The molecule has 0 spiro atoms. The summed E-state index contributed by atoms with van der Waals surface area (Å²) in [5.74, 6) is 0.435. The highest BCUT2D eigenvalue weighted by Crippen LogP contribution is 2.54. The number of hydrogen-bond donors (Lipinski definition) is 2.